The monoisotopic (exact) mass is 372 g/mol. The predicted octanol–water partition coefficient (Wildman–Crippen LogP) is 2.09. The summed E-state index contributed by atoms with van der Waals surface area (Å²) in [5.74, 6) is -2.47. The Morgan fingerprint density at radius 3 is 2.75 bits per heavy atom. The number of rotatable bonds is 6. The molecule has 0 bridgehead atoms. The van der Waals surface area contributed by atoms with Gasteiger partial charge in [0, 0.05) is 10.6 Å². The summed E-state index contributed by atoms with van der Waals surface area (Å²) >= 11 is 12.2. The Bertz CT molecular complexity index is 693. The van der Waals surface area contributed by atoms with Gasteiger partial charge in [-0.1, -0.05) is 35.9 Å². The van der Waals surface area contributed by atoms with E-state index in [0.29, 0.717) is 16.3 Å². The number of amides is 1. The van der Waals surface area contributed by atoms with Crippen LogP contribution >= 0.6 is 23.2 Å². The molecule has 1 aromatic carbocycles. The third kappa shape index (κ3) is 2.91. The van der Waals surface area contributed by atoms with Gasteiger partial charge >= 0.3 is 5.97 Å². The fraction of sp³-hybridized carbons (Fsp3) is 0.375. The van der Waals surface area contributed by atoms with E-state index in [1.54, 1.807) is 0 Å². The molecule has 1 aromatic rings. The number of aliphatic hydroxyl groups excluding tert-OH is 1. The van der Waals surface area contributed by atoms with E-state index in [0.717, 1.165) is 0 Å². The molecule has 130 valence electrons. The Balaban J connectivity index is 2.64. The van der Waals surface area contributed by atoms with Crippen LogP contribution in [0.5, 0.6) is 0 Å². The average molecular weight is 373 g/mol. The summed E-state index contributed by atoms with van der Waals surface area (Å²) in [7, 11) is 1.51. The minimum atomic E-state index is -1.56. The van der Waals surface area contributed by atoms with Gasteiger partial charge in [0.05, 0.1) is 16.8 Å². The third-order valence-electron chi connectivity index (χ3n) is 4.02. The molecule has 0 spiro atoms. The molecule has 0 saturated heterocycles. The van der Waals surface area contributed by atoms with Gasteiger partial charge in [0.2, 0.25) is 5.91 Å². The van der Waals surface area contributed by atoms with E-state index in [1.807, 2.05) is 0 Å². The van der Waals surface area contributed by atoms with Crippen molar-refractivity contribution in [3.8, 4) is 0 Å². The van der Waals surface area contributed by atoms with Gasteiger partial charge < -0.3 is 20.5 Å². The maximum Gasteiger partial charge on any atom is 0.314 e. The number of hydrogen-bond acceptors (Lipinski definition) is 5. The molecule has 8 heteroatoms. The van der Waals surface area contributed by atoms with Crippen molar-refractivity contribution in [2.45, 2.75) is 18.6 Å². The van der Waals surface area contributed by atoms with Crippen molar-refractivity contribution < 1.29 is 19.4 Å². The second-order valence-electron chi connectivity index (χ2n) is 5.46. The molecule has 6 nitrogen and oxygen atoms in total. The van der Waals surface area contributed by atoms with Crippen molar-refractivity contribution in [3.63, 3.8) is 0 Å². The number of esters is 1. The summed E-state index contributed by atoms with van der Waals surface area (Å²) < 4.78 is 5.07. The minimum absolute atomic E-state index is 0.0351. The second kappa shape index (κ2) is 7.11. The number of fused-ring (bicyclic) bond motifs is 1. The van der Waals surface area contributed by atoms with Crippen LogP contribution in [0.1, 0.15) is 12.5 Å². The number of benzene rings is 1. The van der Waals surface area contributed by atoms with E-state index in [-0.39, 0.29) is 11.6 Å². The molecule has 2 rings (SSSR count). The van der Waals surface area contributed by atoms with E-state index >= 15 is 0 Å². The Kier molecular flexibility index (Phi) is 5.55. The van der Waals surface area contributed by atoms with Crippen molar-refractivity contribution in [2.75, 3.05) is 19.0 Å². The van der Waals surface area contributed by atoms with Crippen molar-refractivity contribution in [3.05, 3.63) is 40.4 Å². The van der Waals surface area contributed by atoms with Gasteiger partial charge in [0.1, 0.15) is 18.1 Å². The van der Waals surface area contributed by atoms with Crippen LogP contribution in [0.15, 0.2) is 24.8 Å². The summed E-state index contributed by atoms with van der Waals surface area (Å²) in [6.07, 6.45) is 0.226. The van der Waals surface area contributed by atoms with Crippen LogP contribution in [0.25, 0.3) is 0 Å². The molecular weight excluding hydrogens is 355 g/mol. The van der Waals surface area contributed by atoms with Gasteiger partial charge in [0.15, 0.2) is 0 Å². The highest BCUT2D eigenvalue weighted by molar-refractivity contribution is 6.38. The Morgan fingerprint density at radius 2 is 2.21 bits per heavy atom. The molecule has 3 unspecified atom stereocenters. The molecule has 1 aliphatic rings. The van der Waals surface area contributed by atoms with Gasteiger partial charge in [-0.3, -0.25) is 9.59 Å². The van der Waals surface area contributed by atoms with Crippen molar-refractivity contribution >= 4 is 40.8 Å². The van der Waals surface area contributed by atoms with Gasteiger partial charge in [-0.05, 0) is 26.1 Å². The van der Waals surface area contributed by atoms with Crippen LogP contribution in [0.3, 0.4) is 0 Å². The molecule has 24 heavy (non-hydrogen) atoms. The fourth-order valence-corrected chi connectivity index (χ4v) is 3.57. The highest BCUT2D eigenvalue weighted by atomic mass is 35.5. The summed E-state index contributed by atoms with van der Waals surface area (Å²) in [5.41, 5.74) is -0.826. The van der Waals surface area contributed by atoms with Gasteiger partial charge in [-0.25, -0.2) is 0 Å². The topological polar surface area (TPSA) is 87.7 Å². The number of ether oxygens (including phenoxy) is 1. The van der Waals surface area contributed by atoms with Crippen LogP contribution in [0.4, 0.5) is 5.69 Å². The summed E-state index contributed by atoms with van der Waals surface area (Å²) in [5, 5.41) is 16.3. The normalized spacial score (nSPS) is 21.6. The van der Waals surface area contributed by atoms with E-state index in [4.69, 9.17) is 27.9 Å². The molecule has 1 aliphatic heterocycles. The quantitative estimate of drug-likeness (QED) is 0.525. The van der Waals surface area contributed by atoms with Gasteiger partial charge in [0.25, 0.3) is 0 Å². The first kappa shape index (κ1) is 18.7. The maximum absolute atomic E-state index is 12.8. The SMILES string of the molecule is C=CCOC(=O)C(C(C)O)C1(NC)C(=O)Nc2c(Cl)cc(Cl)cc21. The summed E-state index contributed by atoms with van der Waals surface area (Å²) in [6.45, 7) is 4.85. The zero-order valence-electron chi connectivity index (χ0n) is 13.2. The molecule has 3 N–H and O–H groups in total. The Morgan fingerprint density at radius 1 is 1.54 bits per heavy atom. The van der Waals surface area contributed by atoms with E-state index in [1.165, 1.54) is 32.2 Å². The molecular formula is C16H18Cl2N2O4. The maximum atomic E-state index is 12.8. The highest BCUT2D eigenvalue weighted by Gasteiger charge is 2.57. The van der Waals surface area contributed by atoms with Crippen LogP contribution in [-0.4, -0.2) is 36.7 Å². The second-order valence-corrected chi connectivity index (χ2v) is 6.30. The Labute approximate surface area is 149 Å². The van der Waals surface area contributed by atoms with Crippen molar-refractivity contribution in [2.24, 2.45) is 5.92 Å². The third-order valence-corrected chi connectivity index (χ3v) is 4.53. The van der Waals surface area contributed by atoms with E-state index in [9.17, 15) is 14.7 Å². The van der Waals surface area contributed by atoms with E-state index in [2.05, 4.69) is 17.2 Å². The highest BCUT2D eigenvalue weighted by Crippen LogP contribution is 2.46. The van der Waals surface area contributed by atoms with E-state index < -0.39 is 29.4 Å². The van der Waals surface area contributed by atoms with Gasteiger partial charge in [-0.2, -0.15) is 0 Å². The number of anilines is 1. The molecule has 0 fully saturated rings. The lowest BCUT2D eigenvalue weighted by Crippen LogP contribution is -2.58. The average Bonchev–Trinajstić information content (AvgIpc) is 2.79. The smallest absolute Gasteiger partial charge is 0.314 e. The van der Waals surface area contributed by atoms with Crippen LogP contribution in [-0.2, 0) is 19.9 Å². The molecule has 0 saturated carbocycles. The first-order valence-corrected chi connectivity index (χ1v) is 8.00. The molecule has 0 aromatic heterocycles. The number of carbonyl (C=O) groups excluding carboxylic acids is 2. The Hall–Kier alpha value is -1.60. The molecule has 0 radical (unpaired) electrons. The first-order valence-electron chi connectivity index (χ1n) is 7.25. The molecule has 1 heterocycles. The number of aliphatic hydroxyl groups is 1. The number of halogens is 2. The zero-order valence-corrected chi connectivity index (χ0v) is 14.7. The fourth-order valence-electron chi connectivity index (χ4n) is 3.02. The minimum Gasteiger partial charge on any atom is -0.461 e. The van der Waals surface area contributed by atoms with Crippen LogP contribution < -0.4 is 10.6 Å². The summed E-state index contributed by atoms with van der Waals surface area (Å²) in [6, 6.07) is 3.02. The number of nitrogens with one attached hydrogen (secondary N) is 2. The number of likely N-dealkylation sites (N-methyl/N-ethyl adjacent to an activating group) is 1. The molecule has 1 amide bonds. The van der Waals surface area contributed by atoms with Crippen LogP contribution in [0.2, 0.25) is 10.0 Å². The summed E-state index contributed by atoms with van der Waals surface area (Å²) in [4.78, 5) is 25.3. The van der Waals surface area contributed by atoms with Crippen LogP contribution in [0, 0.1) is 5.92 Å². The first-order chi connectivity index (χ1) is 11.3. The standard InChI is InChI=1S/C16H18Cl2N2O4/c1-4-5-24-14(22)12(8(2)21)16(19-3)10-6-9(17)7-11(18)13(10)20-15(16)23/h4,6-8,12,19,21H,1,5H2,2-3H3,(H,20,23). The predicted molar refractivity (Wildman–Crippen MR) is 92.2 cm³/mol. The lowest BCUT2D eigenvalue weighted by atomic mass is 9.76. The zero-order chi connectivity index (χ0) is 18.1. The van der Waals surface area contributed by atoms with Crippen molar-refractivity contribution in [1.29, 1.82) is 0 Å². The van der Waals surface area contributed by atoms with Crippen molar-refractivity contribution in [1.82, 2.24) is 5.32 Å². The largest absolute Gasteiger partial charge is 0.461 e. The lowest BCUT2D eigenvalue weighted by Gasteiger charge is -2.35. The number of hydrogen-bond donors (Lipinski definition) is 3. The molecule has 0 aliphatic carbocycles. The number of carbonyl (C=O) groups is 2. The lowest BCUT2D eigenvalue weighted by molar-refractivity contribution is -0.158. The molecule has 3 atom stereocenters. The van der Waals surface area contributed by atoms with Gasteiger partial charge in [-0.15, -0.1) is 0 Å².